The van der Waals surface area contributed by atoms with Gasteiger partial charge in [-0.1, -0.05) is 27.2 Å². The molecule has 0 aromatic heterocycles. The van der Waals surface area contributed by atoms with Crippen LogP contribution in [0.15, 0.2) is 0 Å². The standard InChI is InChI=1S/C15H29N/c1-4-5-13-12-16-11-10-15(13)8-6-14(2,3)7-9-15/h13,16H,4-12H2,1-3H3. The Kier molecular flexibility index (Phi) is 3.63. The van der Waals surface area contributed by atoms with Crippen LogP contribution < -0.4 is 5.32 Å². The van der Waals surface area contributed by atoms with E-state index in [1.807, 2.05) is 0 Å². The maximum Gasteiger partial charge on any atom is -0.00152 e. The molecule has 1 heteroatoms. The van der Waals surface area contributed by atoms with Crippen LogP contribution in [0, 0.1) is 16.7 Å². The lowest BCUT2D eigenvalue weighted by Crippen LogP contribution is -2.47. The second-order valence-corrected chi connectivity index (χ2v) is 6.97. The summed E-state index contributed by atoms with van der Waals surface area (Å²) in [6, 6.07) is 0. The minimum absolute atomic E-state index is 0.618. The first kappa shape index (κ1) is 12.4. The fourth-order valence-electron chi connectivity index (χ4n) is 3.87. The minimum Gasteiger partial charge on any atom is -0.316 e. The van der Waals surface area contributed by atoms with Crippen LogP contribution in [-0.4, -0.2) is 13.1 Å². The smallest absolute Gasteiger partial charge is 0.00152 e. The highest BCUT2D eigenvalue weighted by molar-refractivity contribution is 4.96. The molecule has 1 N–H and O–H groups in total. The van der Waals surface area contributed by atoms with Gasteiger partial charge in [0.15, 0.2) is 0 Å². The molecule has 1 saturated carbocycles. The number of nitrogens with one attached hydrogen (secondary N) is 1. The number of piperidine rings is 1. The van der Waals surface area contributed by atoms with Crippen LogP contribution in [0.2, 0.25) is 0 Å². The molecule has 94 valence electrons. The largest absolute Gasteiger partial charge is 0.316 e. The van der Waals surface area contributed by atoms with Crippen LogP contribution in [-0.2, 0) is 0 Å². The summed E-state index contributed by atoms with van der Waals surface area (Å²) in [6.07, 6.45) is 10.1. The Bertz CT molecular complexity index is 220. The van der Waals surface area contributed by atoms with Crippen molar-refractivity contribution in [3.63, 3.8) is 0 Å². The molecular formula is C15H29N. The van der Waals surface area contributed by atoms with Gasteiger partial charge >= 0.3 is 0 Å². The quantitative estimate of drug-likeness (QED) is 0.746. The molecule has 2 rings (SSSR count). The average molecular weight is 223 g/mol. The van der Waals surface area contributed by atoms with Crippen molar-refractivity contribution in [1.29, 1.82) is 0 Å². The molecule has 1 nitrogen and oxygen atoms in total. The molecule has 0 aromatic carbocycles. The third-order valence-electron chi connectivity index (χ3n) is 5.29. The molecule has 1 heterocycles. The molecule has 0 amide bonds. The van der Waals surface area contributed by atoms with Gasteiger partial charge in [0.2, 0.25) is 0 Å². The van der Waals surface area contributed by atoms with Crippen LogP contribution in [0.4, 0.5) is 0 Å². The Hall–Kier alpha value is -0.0400. The zero-order valence-electron chi connectivity index (χ0n) is 11.4. The van der Waals surface area contributed by atoms with Gasteiger partial charge < -0.3 is 5.32 Å². The average Bonchev–Trinajstić information content (AvgIpc) is 2.26. The second-order valence-electron chi connectivity index (χ2n) is 6.97. The molecule has 1 aliphatic carbocycles. The van der Waals surface area contributed by atoms with Gasteiger partial charge in [-0.25, -0.2) is 0 Å². The monoisotopic (exact) mass is 223 g/mol. The van der Waals surface area contributed by atoms with Gasteiger partial charge in [0, 0.05) is 0 Å². The van der Waals surface area contributed by atoms with E-state index in [4.69, 9.17) is 0 Å². The number of rotatable bonds is 2. The van der Waals surface area contributed by atoms with Crippen molar-refractivity contribution >= 4 is 0 Å². The molecule has 0 radical (unpaired) electrons. The van der Waals surface area contributed by atoms with E-state index in [9.17, 15) is 0 Å². The zero-order valence-corrected chi connectivity index (χ0v) is 11.4. The van der Waals surface area contributed by atoms with Crippen LogP contribution in [0.25, 0.3) is 0 Å². The van der Waals surface area contributed by atoms with Crippen molar-refractivity contribution in [2.24, 2.45) is 16.7 Å². The van der Waals surface area contributed by atoms with E-state index in [1.54, 1.807) is 0 Å². The third-order valence-corrected chi connectivity index (χ3v) is 5.29. The molecule has 1 aliphatic heterocycles. The summed E-state index contributed by atoms with van der Waals surface area (Å²) < 4.78 is 0. The summed E-state index contributed by atoms with van der Waals surface area (Å²) in [4.78, 5) is 0. The van der Waals surface area contributed by atoms with Crippen LogP contribution in [0.5, 0.6) is 0 Å². The summed E-state index contributed by atoms with van der Waals surface area (Å²) in [7, 11) is 0. The molecule has 2 aliphatic rings. The van der Waals surface area contributed by atoms with Gasteiger partial charge in [-0.15, -0.1) is 0 Å². The van der Waals surface area contributed by atoms with Gasteiger partial charge in [-0.2, -0.15) is 0 Å². The van der Waals surface area contributed by atoms with E-state index in [1.165, 1.54) is 58.0 Å². The Balaban J connectivity index is 2.04. The van der Waals surface area contributed by atoms with Crippen molar-refractivity contribution in [2.75, 3.05) is 13.1 Å². The topological polar surface area (TPSA) is 12.0 Å². The summed E-state index contributed by atoms with van der Waals surface area (Å²) in [5.41, 5.74) is 1.34. The molecule has 0 bridgehead atoms. The van der Waals surface area contributed by atoms with Crippen LogP contribution in [0.3, 0.4) is 0 Å². The fraction of sp³-hybridized carbons (Fsp3) is 1.00. The van der Waals surface area contributed by atoms with Crippen LogP contribution in [0.1, 0.15) is 65.7 Å². The van der Waals surface area contributed by atoms with Crippen molar-refractivity contribution in [2.45, 2.75) is 65.7 Å². The van der Waals surface area contributed by atoms with E-state index < -0.39 is 0 Å². The molecular weight excluding hydrogens is 194 g/mol. The predicted octanol–water partition coefficient (Wildman–Crippen LogP) is 3.98. The fourth-order valence-corrected chi connectivity index (χ4v) is 3.87. The van der Waals surface area contributed by atoms with Crippen LogP contribution >= 0.6 is 0 Å². The minimum atomic E-state index is 0.618. The Morgan fingerprint density at radius 2 is 1.75 bits per heavy atom. The molecule has 2 fully saturated rings. The normalized spacial score (nSPS) is 32.8. The lowest BCUT2D eigenvalue weighted by molar-refractivity contribution is 0.0136. The van der Waals surface area contributed by atoms with Gasteiger partial charge in [0.05, 0.1) is 0 Å². The predicted molar refractivity (Wildman–Crippen MR) is 70.6 cm³/mol. The van der Waals surface area contributed by atoms with Crippen molar-refractivity contribution < 1.29 is 0 Å². The molecule has 1 saturated heterocycles. The van der Waals surface area contributed by atoms with Crippen molar-refractivity contribution in [1.82, 2.24) is 5.32 Å². The van der Waals surface area contributed by atoms with Gasteiger partial charge in [0.1, 0.15) is 0 Å². The molecule has 16 heavy (non-hydrogen) atoms. The Morgan fingerprint density at radius 3 is 2.38 bits per heavy atom. The highest BCUT2D eigenvalue weighted by atomic mass is 14.9. The summed E-state index contributed by atoms with van der Waals surface area (Å²) in [5, 5.41) is 3.61. The highest BCUT2D eigenvalue weighted by Gasteiger charge is 2.44. The first-order valence-corrected chi connectivity index (χ1v) is 7.29. The lowest BCUT2D eigenvalue weighted by Gasteiger charge is -2.51. The molecule has 0 aromatic rings. The first-order chi connectivity index (χ1) is 7.58. The Morgan fingerprint density at radius 1 is 1.06 bits per heavy atom. The van der Waals surface area contributed by atoms with Gasteiger partial charge in [0.25, 0.3) is 0 Å². The van der Waals surface area contributed by atoms with E-state index in [-0.39, 0.29) is 0 Å². The number of hydrogen-bond donors (Lipinski definition) is 1. The second kappa shape index (κ2) is 4.68. The van der Waals surface area contributed by atoms with Crippen molar-refractivity contribution in [3.05, 3.63) is 0 Å². The highest BCUT2D eigenvalue weighted by Crippen LogP contribution is 2.52. The molecule has 1 unspecified atom stereocenters. The SMILES string of the molecule is CCCC1CNCCC12CCC(C)(C)CC2. The zero-order chi connectivity index (χ0) is 11.6. The first-order valence-electron chi connectivity index (χ1n) is 7.29. The Labute approximate surface area is 101 Å². The summed E-state index contributed by atoms with van der Waals surface area (Å²) in [5.74, 6) is 0.961. The van der Waals surface area contributed by atoms with E-state index in [0.717, 1.165) is 11.3 Å². The van der Waals surface area contributed by atoms with E-state index >= 15 is 0 Å². The lowest BCUT2D eigenvalue weighted by atomic mass is 9.57. The molecule has 1 spiro atoms. The molecule has 1 atom stereocenters. The summed E-state index contributed by atoms with van der Waals surface area (Å²) in [6.45, 7) is 9.80. The van der Waals surface area contributed by atoms with E-state index in [0.29, 0.717) is 5.41 Å². The maximum atomic E-state index is 3.61. The third kappa shape index (κ3) is 2.45. The van der Waals surface area contributed by atoms with E-state index in [2.05, 4.69) is 26.1 Å². The van der Waals surface area contributed by atoms with Crippen molar-refractivity contribution in [3.8, 4) is 0 Å². The summed E-state index contributed by atoms with van der Waals surface area (Å²) >= 11 is 0. The van der Waals surface area contributed by atoms with Gasteiger partial charge in [-0.3, -0.25) is 0 Å². The maximum absolute atomic E-state index is 3.61. The number of hydrogen-bond acceptors (Lipinski definition) is 1. The van der Waals surface area contributed by atoms with Gasteiger partial charge in [-0.05, 0) is 68.4 Å².